The molecule has 2 aromatic rings. The van der Waals surface area contributed by atoms with Crippen LogP contribution in [0.15, 0.2) is 24.3 Å². The second-order valence-corrected chi connectivity index (χ2v) is 5.26. The minimum atomic E-state index is 0.436. The van der Waals surface area contributed by atoms with Gasteiger partial charge in [0, 0.05) is 6.42 Å². The number of aryl methyl sites for hydroxylation is 1. The summed E-state index contributed by atoms with van der Waals surface area (Å²) >= 11 is 0. The van der Waals surface area contributed by atoms with E-state index in [1.165, 1.54) is 5.56 Å². The first-order chi connectivity index (χ1) is 10.1. The Balaban J connectivity index is 2.41. The average Bonchev–Trinajstić information content (AvgIpc) is 2.51. The smallest absolute Gasteiger partial charge is 0.227 e. The van der Waals surface area contributed by atoms with E-state index in [0.717, 1.165) is 24.2 Å². The summed E-state index contributed by atoms with van der Waals surface area (Å²) in [5.41, 5.74) is 7.92. The summed E-state index contributed by atoms with van der Waals surface area (Å²) in [7, 11) is 0. The van der Waals surface area contributed by atoms with Gasteiger partial charge in [0.25, 0.3) is 0 Å². The highest BCUT2D eigenvalue weighted by molar-refractivity contribution is 5.47. The minimum absolute atomic E-state index is 0.436. The summed E-state index contributed by atoms with van der Waals surface area (Å²) in [6.45, 7) is 8.25. The maximum absolute atomic E-state index is 6.06. The molecule has 4 heteroatoms. The minimum Gasteiger partial charge on any atom is -0.438 e. The molecule has 1 aromatic heterocycles. The summed E-state index contributed by atoms with van der Waals surface area (Å²) in [6.07, 6.45) is 1.79. The van der Waals surface area contributed by atoms with Crippen LogP contribution in [0.3, 0.4) is 0 Å². The molecule has 21 heavy (non-hydrogen) atoms. The Hall–Kier alpha value is -2.10. The SMILES string of the molecule is CCc1nc(N)c(C)c(Oc2ccccc2C(C)CC)n1. The summed E-state index contributed by atoms with van der Waals surface area (Å²) in [5.74, 6) is 3.02. The molecule has 2 N–H and O–H groups in total. The molecule has 0 bridgehead atoms. The first-order valence-electron chi connectivity index (χ1n) is 7.46. The van der Waals surface area contributed by atoms with Gasteiger partial charge >= 0.3 is 0 Å². The number of hydrogen-bond donors (Lipinski definition) is 1. The molecule has 4 nitrogen and oxygen atoms in total. The zero-order valence-electron chi connectivity index (χ0n) is 13.2. The van der Waals surface area contributed by atoms with E-state index >= 15 is 0 Å². The van der Waals surface area contributed by atoms with Gasteiger partial charge in [-0.2, -0.15) is 4.98 Å². The van der Waals surface area contributed by atoms with E-state index in [1.54, 1.807) is 0 Å². The Labute approximate surface area is 126 Å². The van der Waals surface area contributed by atoms with Gasteiger partial charge in [-0.1, -0.05) is 39.0 Å². The van der Waals surface area contributed by atoms with E-state index in [-0.39, 0.29) is 0 Å². The molecule has 0 fully saturated rings. The van der Waals surface area contributed by atoms with Crippen LogP contribution in [0, 0.1) is 6.92 Å². The van der Waals surface area contributed by atoms with Crippen molar-refractivity contribution in [3.8, 4) is 11.6 Å². The van der Waals surface area contributed by atoms with Crippen LogP contribution in [0.1, 0.15) is 50.1 Å². The Morgan fingerprint density at radius 1 is 1.19 bits per heavy atom. The van der Waals surface area contributed by atoms with Crippen molar-refractivity contribution in [3.63, 3.8) is 0 Å². The van der Waals surface area contributed by atoms with Crippen LogP contribution in [-0.2, 0) is 6.42 Å². The van der Waals surface area contributed by atoms with Crippen LogP contribution in [0.4, 0.5) is 5.82 Å². The van der Waals surface area contributed by atoms with Gasteiger partial charge < -0.3 is 10.5 Å². The third kappa shape index (κ3) is 3.32. The molecular weight excluding hydrogens is 262 g/mol. The lowest BCUT2D eigenvalue weighted by molar-refractivity contribution is 0.445. The maximum atomic E-state index is 6.06. The normalized spacial score (nSPS) is 12.2. The third-order valence-corrected chi connectivity index (χ3v) is 3.77. The quantitative estimate of drug-likeness (QED) is 0.892. The molecule has 2 rings (SSSR count). The fraction of sp³-hybridized carbons (Fsp3) is 0.412. The van der Waals surface area contributed by atoms with Crippen molar-refractivity contribution in [1.29, 1.82) is 0 Å². The lowest BCUT2D eigenvalue weighted by Crippen LogP contribution is -2.05. The molecule has 112 valence electrons. The third-order valence-electron chi connectivity index (χ3n) is 3.77. The Morgan fingerprint density at radius 2 is 1.90 bits per heavy atom. The monoisotopic (exact) mass is 285 g/mol. The highest BCUT2D eigenvalue weighted by Gasteiger charge is 2.14. The van der Waals surface area contributed by atoms with Gasteiger partial charge in [-0.05, 0) is 30.9 Å². The fourth-order valence-corrected chi connectivity index (χ4v) is 2.12. The van der Waals surface area contributed by atoms with Crippen molar-refractivity contribution >= 4 is 5.82 Å². The molecule has 1 atom stereocenters. The lowest BCUT2D eigenvalue weighted by atomic mass is 9.98. The number of para-hydroxylation sites is 1. The molecule has 1 aromatic carbocycles. The van der Waals surface area contributed by atoms with Gasteiger partial charge in [-0.25, -0.2) is 4.98 Å². The highest BCUT2D eigenvalue weighted by atomic mass is 16.5. The highest BCUT2D eigenvalue weighted by Crippen LogP contribution is 2.33. The second-order valence-electron chi connectivity index (χ2n) is 5.26. The Bertz CT molecular complexity index is 625. The molecule has 0 aliphatic heterocycles. The second kappa shape index (κ2) is 6.57. The molecule has 0 amide bonds. The molecule has 0 spiro atoms. The average molecular weight is 285 g/mol. The molecule has 0 saturated heterocycles. The lowest BCUT2D eigenvalue weighted by Gasteiger charge is -2.16. The van der Waals surface area contributed by atoms with Gasteiger partial charge in [-0.15, -0.1) is 0 Å². The van der Waals surface area contributed by atoms with Crippen molar-refractivity contribution in [2.45, 2.75) is 46.5 Å². The van der Waals surface area contributed by atoms with E-state index in [9.17, 15) is 0 Å². The standard InChI is InChI=1S/C17H23N3O/c1-5-11(3)13-9-7-8-10-14(13)21-17-12(4)16(18)19-15(6-2)20-17/h7-11H,5-6H2,1-4H3,(H2,18,19,20). The summed E-state index contributed by atoms with van der Waals surface area (Å²) in [4.78, 5) is 8.71. The summed E-state index contributed by atoms with van der Waals surface area (Å²) < 4.78 is 6.06. The number of nitrogen functional groups attached to an aromatic ring is 1. The molecule has 1 heterocycles. The predicted octanol–water partition coefficient (Wildman–Crippen LogP) is 4.24. The number of ether oxygens (including phenoxy) is 1. The summed E-state index contributed by atoms with van der Waals surface area (Å²) in [5, 5.41) is 0. The van der Waals surface area contributed by atoms with Crippen LogP contribution >= 0.6 is 0 Å². The molecule has 1 unspecified atom stereocenters. The molecule has 0 radical (unpaired) electrons. The van der Waals surface area contributed by atoms with E-state index in [2.05, 4.69) is 29.9 Å². The molecule has 0 saturated carbocycles. The molecular formula is C17H23N3O. The number of benzene rings is 1. The zero-order chi connectivity index (χ0) is 15.4. The number of nitrogens with zero attached hydrogens (tertiary/aromatic N) is 2. The van der Waals surface area contributed by atoms with E-state index in [1.807, 2.05) is 32.0 Å². The van der Waals surface area contributed by atoms with Gasteiger partial charge in [-0.3, -0.25) is 0 Å². The van der Waals surface area contributed by atoms with Gasteiger partial charge in [0.05, 0.1) is 5.56 Å². The first-order valence-corrected chi connectivity index (χ1v) is 7.46. The number of rotatable bonds is 5. The largest absolute Gasteiger partial charge is 0.438 e. The predicted molar refractivity (Wildman–Crippen MR) is 85.8 cm³/mol. The number of hydrogen-bond acceptors (Lipinski definition) is 4. The summed E-state index contributed by atoms with van der Waals surface area (Å²) in [6, 6.07) is 8.09. The zero-order valence-corrected chi connectivity index (χ0v) is 13.2. The van der Waals surface area contributed by atoms with E-state index in [4.69, 9.17) is 10.5 Å². The van der Waals surface area contributed by atoms with Gasteiger partial charge in [0.1, 0.15) is 17.4 Å². The van der Waals surface area contributed by atoms with E-state index in [0.29, 0.717) is 23.4 Å². The van der Waals surface area contributed by atoms with Crippen molar-refractivity contribution in [3.05, 3.63) is 41.2 Å². The van der Waals surface area contributed by atoms with Crippen molar-refractivity contribution in [2.24, 2.45) is 0 Å². The Kier molecular flexibility index (Phi) is 4.78. The fourth-order valence-electron chi connectivity index (χ4n) is 2.12. The van der Waals surface area contributed by atoms with Crippen LogP contribution in [0.5, 0.6) is 11.6 Å². The van der Waals surface area contributed by atoms with E-state index < -0.39 is 0 Å². The van der Waals surface area contributed by atoms with Crippen LogP contribution in [-0.4, -0.2) is 9.97 Å². The van der Waals surface area contributed by atoms with Gasteiger partial charge in [0.15, 0.2) is 0 Å². The maximum Gasteiger partial charge on any atom is 0.227 e. The van der Waals surface area contributed by atoms with Crippen LogP contribution in [0.2, 0.25) is 0 Å². The Morgan fingerprint density at radius 3 is 2.57 bits per heavy atom. The van der Waals surface area contributed by atoms with Crippen LogP contribution in [0.25, 0.3) is 0 Å². The van der Waals surface area contributed by atoms with Crippen molar-refractivity contribution in [1.82, 2.24) is 9.97 Å². The number of anilines is 1. The number of nitrogens with two attached hydrogens (primary N) is 1. The van der Waals surface area contributed by atoms with Crippen molar-refractivity contribution < 1.29 is 4.74 Å². The van der Waals surface area contributed by atoms with Gasteiger partial charge in [0.2, 0.25) is 5.88 Å². The topological polar surface area (TPSA) is 61.0 Å². The van der Waals surface area contributed by atoms with Crippen molar-refractivity contribution in [2.75, 3.05) is 5.73 Å². The number of aromatic nitrogens is 2. The molecule has 0 aliphatic rings. The van der Waals surface area contributed by atoms with Crippen LogP contribution < -0.4 is 10.5 Å². The molecule has 0 aliphatic carbocycles. The first kappa shape index (κ1) is 15.3.